The number of aryl methyl sites for hydroxylation is 1. The minimum Gasteiger partial charge on any atom is -0.467 e. The summed E-state index contributed by atoms with van der Waals surface area (Å²) in [5.74, 6) is 1.12. The number of ether oxygens (including phenoxy) is 1. The van der Waals surface area contributed by atoms with Crippen molar-refractivity contribution < 1.29 is 13.9 Å². The second-order valence-electron chi connectivity index (χ2n) is 5.06. The van der Waals surface area contributed by atoms with E-state index < -0.39 is 0 Å². The van der Waals surface area contributed by atoms with Gasteiger partial charge in [-0.2, -0.15) is 0 Å². The summed E-state index contributed by atoms with van der Waals surface area (Å²) in [4.78, 5) is 22.8. The largest absolute Gasteiger partial charge is 0.467 e. The van der Waals surface area contributed by atoms with Crippen LogP contribution in [0, 0.1) is 6.92 Å². The molecule has 0 radical (unpaired) electrons. The highest BCUT2D eigenvalue weighted by Crippen LogP contribution is 2.11. The normalized spacial score (nSPS) is 14.9. The van der Waals surface area contributed by atoms with E-state index in [-0.39, 0.29) is 5.91 Å². The standard InChI is InChI=1S/C15H18N4O3/c1-11-9-13(14(20)19-4-7-21-8-5-19)18-15(17-11)16-10-12-3-2-6-22-12/h2-3,6,9H,4-5,7-8,10H2,1H3,(H,16,17,18). The van der Waals surface area contributed by atoms with E-state index in [2.05, 4.69) is 15.3 Å². The summed E-state index contributed by atoms with van der Waals surface area (Å²) in [5, 5.41) is 3.07. The molecule has 0 aromatic carbocycles. The molecule has 116 valence electrons. The Balaban J connectivity index is 1.72. The van der Waals surface area contributed by atoms with E-state index in [1.165, 1.54) is 0 Å². The van der Waals surface area contributed by atoms with Crippen LogP contribution in [0.25, 0.3) is 0 Å². The monoisotopic (exact) mass is 302 g/mol. The van der Waals surface area contributed by atoms with Crippen molar-refractivity contribution in [2.45, 2.75) is 13.5 Å². The Morgan fingerprint density at radius 2 is 2.18 bits per heavy atom. The Bertz CT molecular complexity index is 636. The van der Waals surface area contributed by atoms with Gasteiger partial charge in [0.25, 0.3) is 5.91 Å². The van der Waals surface area contributed by atoms with Crippen LogP contribution in [-0.4, -0.2) is 47.1 Å². The number of amides is 1. The number of nitrogens with one attached hydrogen (secondary N) is 1. The first kappa shape index (κ1) is 14.5. The number of morpholine rings is 1. The molecule has 3 rings (SSSR count). The third-order valence-electron chi connectivity index (χ3n) is 3.37. The van der Waals surface area contributed by atoms with Gasteiger partial charge in [-0.05, 0) is 25.1 Å². The quantitative estimate of drug-likeness (QED) is 0.921. The van der Waals surface area contributed by atoms with Crippen molar-refractivity contribution in [3.8, 4) is 0 Å². The smallest absolute Gasteiger partial charge is 0.272 e. The lowest BCUT2D eigenvalue weighted by Gasteiger charge is -2.26. The predicted octanol–water partition coefficient (Wildman–Crippen LogP) is 1.46. The molecule has 0 unspecified atom stereocenters. The lowest BCUT2D eigenvalue weighted by molar-refractivity contribution is 0.0299. The fourth-order valence-electron chi connectivity index (χ4n) is 2.26. The highest BCUT2D eigenvalue weighted by molar-refractivity contribution is 5.92. The predicted molar refractivity (Wildman–Crippen MR) is 79.5 cm³/mol. The van der Waals surface area contributed by atoms with E-state index in [0.29, 0.717) is 44.5 Å². The Morgan fingerprint density at radius 3 is 2.91 bits per heavy atom. The maximum absolute atomic E-state index is 12.5. The van der Waals surface area contributed by atoms with Crippen molar-refractivity contribution >= 4 is 11.9 Å². The van der Waals surface area contributed by atoms with Gasteiger partial charge in [0, 0.05) is 18.8 Å². The molecule has 7 nitrogen and oxygen atoms in total. The summed E-state index contributed by atoms with van der Waals surface area (Å²) in [6.45, 7) is 4.64. The van der Waals surface area contributed by atoms with Crippen molar-refractivity contribution in [2.24, 2.45) is 0 Å². The lowest BCUT2D eigenvalue weighted by Crippen LogP contribution is -2.41. The zero-order valence-electron chi connectivity index (χ0n) is 12.4. The van der Waals surface area contributed by atoms with Gasteiger partial charge in [-0.1, -0.05) is 0 Å². The molecule has 1 N–H and O–H groups in total. The van der Waals surface area contributed by atoms with E-state index in [4.69, 9.17) is 9.15 Å². The van der Waals surface area contributed by atoms with Gasteiger partial charge in [0.2, 0.25) is 5.95 Å². The van der Waals surface area contributed by atoms with Crippen LogP contribution in [0.1, 0.15) is 21.9 Å². The molecule has 3 heterocycles. The molecule has 7 heteroatoms. The zero-order valence-corrected chi connectivity index (χ0v) is 12.4. The second-order valence-corrected chi connectivity index (χ2v) is 5.06. The first-order chi connectivity index (χ1) is 10.7. The lowest BCUT2D eigenvalue weighted by atomic mass is 10.3. The first-order valence-corrected chi connectivity index (χ1v) is 7.21. The van der Waals surface area contributed by atoms with Crippen LogP contribution >= 0.6 is 0 Å². The molecule has 0 spiro atoms. The van der Waals surface area contributed by atoms with E-state index in [1.54, 1.807) is 17.2 Å². The summed E-state index contributed by atoms with van der Waals surface area (Å²) in [6, 6.07) is 5.39. The molecular weight excluding hydrogens is 284 g/mol. The maximum atomic E-state index is 12.5. The van der Waals surface area contributed by atoms with Gasteiger partial charge in [-0.25, -0.2) is 9.97 Å². The second kappa shape index (κ2) is 6.57. The van der Waals surface area contributed by atoms with Gasteiger partial charge in [0.05, 0.1) is 26.0 Å². The van der Waals surface area contributed by atoms with Crippen molar-refractivity contribution in [1.29, 1.82) is 0 Å². The SMILES string of the molecule is Cc1cc(C(=O)N2CCOCC2)nc(NCc2ccco2)n1. The average molecular weight is 302 g/mol. The summed E-state index contributed by atoms with van der Waals surface area (Å²) in [6.07, 6.45) is 1.61. The van der Waals surface area contributed by atoms with Crippen LogP contribution in [0.4, 0.5) is 5.95 Å². The number of hydrogen-bond acceptors (Lipinski definition) is 6. The molecule has 1 amide bonds. The molecule has 2 aromatic heterocycles. The van der Waals surface area contributed by atoms with Crippen LogP contribution in [-0.2, 0) is 11.3 Å². The highest BCUT2D eigenvalue weighted by Gasteiger charge is 2.20. The molecule has 1 fully saturated rings. The minimum atomic E-state index is -0.0881. The fourth-order valence-corrected chi connectivity index (χ4v) is 2.26. The number of nitrogens with zero attached hydrogens (tertiary/aromatic N) is 3. The Morgan fingerprint density at radius 1 is 1.36 bits per heavy atom. The van der Waals surface area contributed by atoms with E-state index in [1.807, 2.05) is 19.1 Å². The van der Waals surface area contributed by atoms with E-state index >= 15 is 0 Å². The minimum absolute atomic E-state index is 0.0881. The van der Waals surface area contributed by atoms with E-state index in [9.17, 15) is 4.79 Å². The number of furan rings is 1. The van der Waals surface area contributed by atoms with Crippen molar-refractivity contribution in [2.75, 3.05) is 31.6 Å². The molecule has 1 aliphatic heterocycles. The van der Waals surface area contributed by atoms with Crippen LogP contribution in [0.15, 0.2) is 28.9 Å². The fraction of sp³-hybridized carbons (Fsp3) is 0.400. The summed E-state index contributed by atoms with van der Waals surface area (Å²) in [7, 11) is 0. The molecule has 1 aliphatic rings. The van der Waals surface area contributed by atoms with Gasteiger partial charge in [0.15, 0.2) is 0 Å². The number of carbonyl (C=O) groups is 1. The number of hydrogen-bond donors (Lipinski definition) is 1. The van der Waals surface area contributed by atoms with Gasteiger partial charge in [-0.15, -0.1) is 0 Å². The van der Waals surface area contributed by atoms with E-state index in [0.717, 1.165) is 11.5 Å². The molecular formula is C15H18N4O3. The topological polar surface area (TPSA) is 80.5 Å². The third kappa shape index (κ3) is 3.43. The first-order valence-electron chi connectivity index (χ1n) is 7.21. The zero-order chi connectivity index (χ0) is 15.4. The molecule has 1 saturated heterocycles. The average Bonchev–Trinajstić information content (AvgIpc) is 3.06. The van der Waals surface area contributed by atoms with Gasteiger partial charge in [-0.3, -0.25) is 4.79 Å². The van der Waals surface area contributed by atoms with Crippen LogP contribution < -0.4 is 5.32 Å². The maximum Gasteiger partial charge on any atom is 0.272 e. The van der Waals surface area contributed by atoms with Crippen molar-refractivity contribution in [3.05, 3.63) is 41.6 Å². The van der Waals surface area contributed by atoms with Gasteiger partial charge >= 0.3 is 0 Å². The third-order valence-corrected chi connectivity index (χ3v) is 3.37. The molecule has 0 bridgehead atoms. The number of rotatable bonds is 4. The molecule has 0 saturated carbocycles. The molecule has 0 aliphatic carbocycles. The number of aromatic nitrogens is 2. The molecule has 0 atom stereocenters. The van der Waals surface area contributed by atoms with Gasteiger partial charge < -0.3 is 19.4 Å². The number of anilines is 1. The Labute approximate surface area is 128 Å². The van der Waals surface area contributed by atoms with Crippen LogP contribution in [0.3, 0.4) is 0 Å². The van der Waals surface area contributed by atoms with Crippen molar-refractivity contribution in [1.82, 2.24) is 14.9 Å². The summed E-state index contributed by atoms with van der Waals surface area (Å²) >= 11 is 0. The summed E-state index contributed by atoms with van der Waals surface area (Å²) in [5.41, 5.74) is 1.14. The Kier molecular flexibility index (Phi) is 4.34. The van der Waals surface area contributed by atoms with Crippen molar-refractivity contribution in [3.63, 3.8) is 0 Å². The van der Waals surface area contributed by atoms with Crippen LogP contribution in [0.2, 0.25) is 0 Å². The number of carbonyl (C=O) groups excluding carboxylic acids is 1. The Hall–Kier alpha value is -2.41. The van der Waals surface area contributed by atoms with Crippen LogP contribution in [0.5, 0.6) is 0 Å². The molecule has 22 heavy (non-hydrogen) atoms. The van der Waals surface area contributed by atoms with Gasteiger partial charge in [0.1, 0.15) is 11.5 Å². The molecule has 2 aromatic rings. The summed E-state index contributed by atoms with van der Waals surface area (Å²) < 4.78 is 10.5. The highest BCUT2D eigenvalue weighted by atomic mass is 16.5.